The predicted molar refractivity (Wildman–Crippen MR) is 51.8 cm³/mol. The monoisotopic (exact) mass is 179 g/mol. The lowest BCUT2D eigenvalue weighted by Crippen LogP contribution is -2.15. The van der Waals surface area contributed by atoms with Crippen molar-refractivity contribution < 1.29 is 4.79 Å². The molecule has 0 fully saturated rings. The zero-order valence-electron chi connectivity index (χ0n) is 6.78. The van der Waals surface area contributed by atoms with Crippen LogP contribution >= 0.6 is 11.3 Å². The Kier molecular flexibility index (Phi) is 2.89. The number of rotatable bonds is 3. The summed E-state index contributed by atoms with van der Waals surface area (Å²) >= 11 is 1.44. The molecule has 1 rings (SSSR count). The molecule has 0 aliphatic carbocycles. The Labute approximate surface area is 75.8 Å². The lowest BCUT2D eigenvalue weighted by Gasteiger charge is -2.11. The minimum absolute atomic E-state index is 0.568. The molecule has 1 heterocycles. The normalized spacial score (nSPS) is 9.00. The number of nitrogens with zero attached hydrogens (tertiary/aromatic N) is 1. The minimum Gasteiger partial charge on any atom is -0.355 e. The zero-order chi connectivity index (χ0) is 8.97. The fourth-order valence-electron chi connectivity index (χ4n) is 0.826. The number of anilines is 1. The van der Waals surface area contributed by atoms with E-state index in [9.17, 15) is 4.79 Å². The van der Waals surface area contributed by atoms with Crippen LogP contribution in [0.15, 0.2) is 12.1 Å². The van der Waals surface area contributed by atoms with Gasteiger partial charge in [-0.15, -0.1) is 17.8 Å². The van der Waals surface area contributed by atoms with Crippen LogP contribution in [0.3, 0.4) is 0 Å². The molecule has 0 radical (unpaired) electrons. The summed E-state index contributed by atoms with van der Waals surface area (Å²) in [5, 5.41) is 1.02. The number of thiophene rings is 1. The third-order valence-corrected chi connectivity index (χ3v) is 2.56. The Hall–Kier alpha value is -1.27. The molecular formula is C9H9NOS. The summed E-state index contributed by atoms with van der Waals surface area (Å²) in [5.74, 6) is 2.54. The smallest absolute Gasteiger partial charge is 0.160 e. The molecule has 0 saturated carbocycles. The summed E-state index contributed by atoms with van der Waals surface area (Å²) in [4.78, 5) is 13.0. The molecule has 1 aromatic rings. The number of terminal acetylenes is 1. The van der Waals surface area contributed by atoms with E-state index in [-0.39, 0.29) is 0 Å². The summed E-state index contributed by atoms with van der Waals surface area (Å²) in [5.41, 5.74) is 0. The van der Waals surface area contributed by atoms with Gasteiger partial charge in [0, 0.05) is 7.05 Å². The first-order valence-corrected chi connectivity index (χ1v) is 4.29. The highest BCUT2D eigenvalue weighted by Gasteiger charge is 2.02. The molecule has 0 saturated heterocycles. The Bertz CT molecular complexity index is 311. The van der Waals surface area contributed by atoms with Crippen molar-refractivity contribution in [1.82, 2.24) is 0 Å². The Balaban J connectivity index is 2.75. The Morgan fingerprint density at radius 3 is 3.00 bits per heavy atom. The predicted octanol–water partition coefficient (Wildman–Crippen LogP) is 1.63. The van der Waals surface area contributed by atoms with Crippen molar-refractivity contribution in [2.45, 2.75) is 0 Å². The summed E-state index contributed by atoms with van der Waals surface area (Å²) in [6.07, 6.45) is 5.99. The van der Waals surface area contributed by atoms with Crippen molar-refractivity contribution in [3.63, 3.8) is 0 Å². The van der Waals surface area contributed by atoms with E-state index in [0.717, 1.165) is 16.2 Å². The van der Waals surface area contributed by atoms with Gasteiger partial charge in [0.2, 0.25) is 0 Å². The molecule has 0 bridgehead atoms. The highest BCUT2D eigenvalue weighted by atomic mass is 32.1. The third kappa shape index (κ3) is 1.86. The molecule has 0 spiro atoms. The molecule has 12 heavy (non-hydrogen) atoms. The van der Waals surface area contributed by atoms with Gasteiger partial charge in [0.05, 0.1) is 16.4 Å². The standard InChI is InChI=1S/C9H9NOS/c1-3-6-10(2)9-5-4-8(7-11)12-9/h1,4-5,7H,6H2,2H3. The van der Waals surface area contributed by atoms with Crippen LogP contribution in [0.4, 0.5) is 5.00 Å². The van der Waals surface area contributed by atoms with E-state index in [2.05, 4.69) is 5.92 Å². The number of aldehydes is 1. The zero-order valence-corrected chi connectivity index (χ0v) is 7.60. The number of hydrogen-bond acceptors (Lipinski definition) is 3. The SMILES string of the molecule is C#CCN(C)c1ccc(C=O)s1. The average Bonchev–Trinajstić information content (AvgIpc) is 2.52. The van der Waals surface area contributed by atoms with Crippen molar-refractivity contribution in [1.29, 1.82) is 0 Å². The highest BCUT2D eigenvalue weighted by Crippen LogP contribution is 2.23. The van der Waals surface area contributed by atoms with E-state index in [1.165, 1.54) is 11.3 Å². The van der Waals surface area contributed by atoms with Gasteiger partial charge in [-0.05, 0) is 12.1 Å². The number of carbonyl (C=O) groups is 1. The van der Waals surface area contributed by atoms with Crippen LogP contribution in [0.5, 0.6) is 0 Å². The minimum atomic E-state index is 0.568. The largest absolute Gasteiger partial charge is 0.355 e. The van der Waals surface area contributed by atoms with Crippen LogP contribution in [0.2, 0.25) is 0 Å². The molecule has 3 heteroatoms. The number of carbonyl (C=O) groups excluding carboxylic acids is 1. The van der Waals surface area contributed by atoms with E-state index >= 15 is 0 Å². The van der Waals surface area contributed by atoms with Gasteiger partial charge in [0.15, 0.2) is 6.29 Å². The molecule has 1 aromatic heterocycles. The molecule has 0 aliphatic heterocycles. The summed E-state index contributed by atoms with van der Waals surface area (Å²) in [7, 11) is 1.90. The lowest BCUT2D eigenvalue weighted by molar-refractivity contribution is 0.112. The van der Waals surface area contributed by atoms with Crippen molar-refractivity contribution in [3.8, 4) is 12.3 Å². The molecule has 62 valence electrons. The van der Waals surface area contributed by atoms with Crippen LogP contribution in [0.25, 0.3) is 0 Å². The van der Waals surface area contributed by atoms with Gasteiger partial charge in [-0.2, -0.15) is 0 Å². The third-order valence-electron chi connectivity index (χ3n) is 1.43. The first-order chi connectivity index (χ1) is 5.77. The molecule has 0 aromatic carbocycles. The fourth-order valence-corrected chi connectivity index (χ4v) is 1.61. The summed E-state index contributed by atoms with van der Waals surface area (Å²) < 4.78 is 0. The van der Waals surface area contributed by atoms with E-state index in [1.807, 2.05) is 18.0 Å². The van der Waals surface area contributed by atoms with Crippen LogP contribution in [-0.2, 0) is 0 Å². The van der Waals surface area contributed by atoms with Crippen LogP contribution in [0, 0.1) is 12.3 Å². The van der Waals surface area contributed by atoms with Crippen molar-refractivity contribution in [2.24, 2.45) is 0 Å². The second kappa shape index (κ2) is 3.93. The Morgan fingerprint density at radius 2 is 2.50 bits per heavy atom. The van der Waals surface area contributed by atoms with E-state index in [1.54, 1.807) is 6.07 Å². The van der Waals surface area contributed by atoms with E-state index in [0.29, 0.717) is 6.54 Å². The quantitative estimate of drug-likeness (QED) is 0.519. The maximum Gasteiger partial charge on any atom is 0.160 e. The molecule has 2 nitrogen and oxygen atoms in total. The number of hydrogen-bond donors (Lipinski definition) is 0. The van der Waals surface area contributed by atoms with Gasteiger partial charge in [0.25, 0.3) is 0 Å². The summed E-state index contributed by atoms with van der Waals surface area (Å²) in [6, 6.07) is 3.69. The van der Waals surface area contributed by atoms with E-state index < -0.39 is 0 Å². The van der Waals surface area contributed by atoms with Crippen LogP contribution < -0.4 is 4.90 Å². The van der Waals surface area contributed by atoms with Crippen molar-refractivity contribution >= 4 is 22.6 Å². The molecule has 0 N–H and O–H groups in total. The highest BCUT2D eigenvalue weighted by molar-refractivity contribution is 7.17. The van der Waals surface area contributed by atoms with Gasteiger partial charge >= 0.3 is 0 Å². The van der Waals surface area contributed by atoms with Gasteiger partial charge in [-0.1, -0.05) is 5.92 Å². The molecule has 0 amide bonds. The second-order valence-corrected chi connectivity index (χ2v) is 3.45. The van der Waals surface area contributed by atoms with Gasteiger partial charge in [-0.25, -0.2) is 0 Å². The maximum atomic E-state index is 10.4. The molecular weight excluding hydrogens is 170 g/mol. The topological polar surface area (TPSA) is 20.3 Å². The van der Waals surface area contributed by atoms with Crippen molar-refractivity contribution in [3.05, 3.63) is 17.0 Å². The molecule has 0 unspecified atom stereocenters. The summed E-state index contributed by atoms with van der Waals surface area (Å²) in [6.45, 7) is 0.568. The van der Waals surface area contributed by atoms with Gasteiger partial charge in [0.1, 0.15) is 0 Å². The molecule has 0 aliphatic rings. The van der Waals surface area contributed by atoms with Gasteiger partial charge < -0.3 is 4.90 Å². The first kappa shape index (κ1) is 8.82. The average molecular weight is 179 g/mol. The maximum absolute atomic E-state index is 10.4. The lowest BCUT2D eigenvalue weighted by atomic mass is 10.5. The second-order valence-electron chi connectivity index (χ2n) is 2.35. The Morgan fingerprint density at radius 1 is 1.75 bits per heavy atom. The molecule has 0 atom stereocenters. The fraction of sp³-hybridized carbons (Fsp3) is 0.222. The van der Waals surface area contributed by atoms with Crippen molar-refractivity contribution in [2.75, 3.05) is 18.5 Å². The van der Waals surface area contributed by atoms with Crippen LogP contribution in [-0.4, -0.2) is 19.9 Å². The first-order valence-electron chi connectivity index (χ1n) is 3.47. The van der Waals surface area contributed by atoms with Gasteiger partial charge in [-0.3, -0.25) is 4.79 Å². The van der Waals surface area contributed by atoms with E-state index in [4.69, 9.17) is 6.42 Å². The van der Waals surface area contributed by atoms with Crippen LogP contribution in [0.1, 0.15) is 9.67 Å².